The van der Waals surface area contributed by atoms with Crippen molar-refractivity contribution in [3.05, 3.63) is 85.7 Å². The molecule has 0 saturated heterocycles. The summed E-state index contributed by atoms with van der Waals surface area (Å²) in [7, 11) is -12.0. The summed E-state index contributed by atoms with van der Waals surface area (Å²) in [4.78, 5) is 19.5. The lowest BCUT2D eigenvalue weighted by Gasteiger charge is -2.30. The minimum Gasteiger partial charge on any atom is -0.284 e. The van der Waals surface area contributed by atoms with E-state index in [0.29, 0.717) is 17.7 Å². The van der Waals surface area contributed by atoms with E-state index >= 15 is 0 Å². The zero-order valence-electron chi connectivity index (χ0n) is 13.6. The quantitative estimate of drug-likeness (QED) is 0.373. The monoisotopic (exact) mass is 432 g/mol. The number of hydrogen-bond donors (Lipinski definition) is 2. The topological polar surface area (TPSA) is 195 Å². The van der Waals surface area contributed by atoms with Gasteiger partial charge in [0.2, 0.25) is 0 Å². The Bertz CT molecular complexity index is 1090. The molecule has 12 nitrogen and oxygen atoms in total. The molecule has 0 bridgehead atoms. The minimum absolute atomic E-state index is 0.419. The van der Waals surface area contributed by atoms with E-state index in [1.54, 1.807) is 18.2 Å². The van der Waals surface area contributed by atoms with Gasteiger partial charge in [-0.2, -0.15) is 16.8 Å². The second-order valence-electron chi connectivity index (χ2n) is 5.52. The minimum atomic E-state index is -6.00. The van der Waals surface area contributed by atoms with Crippen molar-refractivity contribution in [3.63, 3.8) is 0 Å². The molecule has 0 heterocycles. The second kappa shape index (κ2) is 7.23. The third kappa shape index (κ3) is 3.45. The smallest absolute Gasteiger partial charge is 0.284 e. The van der Waals surface area contributed by atoms with Gasteiger partial charge < -0.3 is 0 Å². The van der Waals surface area contributed by atoms with E-state index in [2.05, 4.69) is 0 Å². The maximum absolute atomic E-state index is 12.0. The van der Waals surface area contributed by atoms with Crippen molar-refractivity contribution in [2.75, 3.05) is 0 Å². The normalized spacial score (nSPS) is 19.7. The lowest BCUT2D eigenvalue weighted by molar-refractivity contribution is -0.471. The summed E-state index contributed by atoms with van der Waals surface area (Å²) in [6.07, 6.45) is 3.22. The maximum Gasteiger partial charge on any atom is 0.365 e. The first-order valence-electron chi connectivity index (χ1n) is 7.23. The first kappa shape index (κ1) is 21.4. The SMILES string of the molecule is O=[N+]([O-])C1=C([N+](=O)[O-])C(S(=O)(=O)O)(S(=O)(=O)O)C(C=Cc2ccccc2)C=C1. The number of rotatable bonds is 6. The van der Waals surface area contributed by atoms with Gasteiger partial charge in [-0.3, -0.25) is 29.3 Å². The van der Waals surface area contributed by atoms with Gasteiger partial charge in [-0.05, 0) is 5.56 Å². The van der Waals surface area contributed by atoms with Crippen LogP contribution in [-0.4, -0.2) is 39.9 Å². The van der Waals surface area contributed by atoms with Gasteiger partial charge in [-0.25, -0.2) is 0 Å². The Morgan fingerprint density at radius 1 is 0.964 bits per heavy atom. The van der Waals surface area contributed by atoms with Gasteiger partial charge in [0.25, 0.3) is 20.2 Å². The molecule has 0 amide bonds. The molecule has 0 radical (unpaired) electrons. The molecule has 1 aromatic carbocycles. The van der Waals surface area contributed by atoms with Crippen molar-refractivity contribution in [1.29, 1.82) is 0 Å². The lowest BCUT2D eigenvalue weighted by Crippen LogP contribution is -2.56. The summed E-state index contributed by atoms with van der Waals surface area (Å²) in [6, 6.07) is 7.87. The molecule has 2 rings (SSSR count). The Morgan fingerprint density at radius 2 is 1.50 bits per heavy atom. The van der Waals surface area contributed by atoms with Gasteiger partial charge in [0, 0.05) is 12.0 Å². The molecule has 1 aliphatic carbocycles. The van der Waals surface area contributed by atoms with Crippen molar-refractivity contribution >= 4 is 26.3 Å². The highest BCUT2D eigenvalue weighted by molar-refractivity contribution is 8.05. The fourth-order valence-electron chi connectivity index (χ4n) is 2.80. The van der Waals surface area contributed by atoms with Gasteiger partial charge >= 0.3 is 15.5 Å². The van der Waals surface area contributed by atoms with Crippen LogP contribution in [0.15, 0.2) is 60.0 Å². The van der Waals surface area contributed by atoms with Gasteiger partial charge in [0.05, 0.1) is 9.85 Å². The van der Waals surface area contributed by atoms with Crippen LogP contribution in [0.5, 0.6) is 0 Å². The molecule has 1 aliphatic rings. The summed E-state index contributed by atoms with van der Waals surface area (Å²) >= 11 is 0. The molecular weight excluding hydrogens is 420 g/mol. The highest BCUT2D eigenvalue weighted by Gasteiger charge is 2.71. The van der Waals surface area contributed by atoms with Crippen LogP contribution in [0.25, 0.3) is 6.08 Å². The third-order valence-corrected chi connectivity index (χ3v) is 7.64. The van der Waals surface area contributed by atoms with Crippen molar-refractivity contribution in [2.24, 2.45) is 5.92 Å². The van der Waals surface area contributed by atoms with Crippen LogP contribution in [0.2, 0.25) is 0 Å². The molecule has 28 heavy (non-hydrogen) atoms. The summed E-state index contributed by atoms with van der Waals surface area (Å²) in [5, 5.41) is 22.6. The van der Waals surface area contributed by atoms with Crippen LogP contribution in [-0.2, 0) is 20.2 Å². The Balaban J connectivity index is 2.91. The highest BCUT2D eigenvalue weighted by Crippen LogP contribution is 2.45. The van der Waals surface area contributed by atoms with Crippen LogP contribution in [0.3, 0.4) is 0 Å². The summed E-state index contributed by atoms with van der Waals surface area (Å²) in [6.45, 7) is 0. The molecule has 1 aromatic rings. The molecule has 14 heteroatoms. The van der Waals surface area contributed by atoms with E-state index < -0.39 is 51.5 Å². The van der Waals surface area contributed by atoms with Gasteiger partial charge in [0.15, 0.2) is 0 Å². The van der Waals surface area contributed by atoms with Crippen molar-refractivity contribution in [1.82, 2.24) is 0 Å². The largest absolute Gasteiger partial charge is 0.365 e. The summed E-state index contributed by atoms with van der Waals surface area (Å²) < 4.78 is 63.4. The van der Waals surface area contributed by atoms with E-state index in [4.69, 9.17) is 0 Å². The molecule has 0 fully saturated rings. The van der Waals surface area contributed by atoms with Crippen LogP contribution in [0.4, 0.5) is 0 Å². The Kier molecular flexibility index (Phi) is 5.52. The lowest BCUT2D eigenvalue weighted by atomic mass is 9.94. The molecular formula is C14H12N2O10S2. The molecule has 150 valence electrons. The summed E-state index contributed by atoms with van der Waals surface area (Å²) in [5.41, 5.74) is -3.08. The van der Waals surface area contributed by atoms with Gasteiger partial charge in [-0.1, -0.05) is 48.6 Å². The van der Waals surface area contributed by atoms with E-state index in [1.807, 2.05) is 0 Å². The van der Waals surface area contributed by atoms with Crippen molar-refractivity contribution < 1.29 is 35.8 Å². The highest BCUT2D eigenvalue weighted by atomic mass is 32.3. The van der Waals surface area contributed by atoms with Gasteiger partial charge in [-0.15, -0.1) is 0 Å². The Hall–Kier alpha value is -2.94. The third-order valence-electron chi connectivity index (χ3n) is 3.91. The number of benzene rings is 1. The van der Waals surface area contributed by atoms with Crippen LogP contribution in [0, 0.1) is 26.1 Å². The van der Waals surface area contributed by atoms with Crippen LogP contribution >= 0.6 is 0 Å². The molecule has 2 N–H and O–H groups in total. The predicted molar refractivity (Wildman–Crippen MR) is 94.9 cm³/mol. The standard InChI is InChI=1S/C14H12N2O10S2/c17-15(18)12-9-8-11(7-6-10-4-2-1-3-5-10)14(27(21,22)23,28(24,25)26)13(12)16(19)20/h1-9,11H,(H,21,22,23)(H,24,25,26). The van der Waals surface area contributed by atoms with Crippen LogP contribution in [0.1, 0.15) is 5.56 Å². The molecule has 0 aliphatic heterocycles. The van der Waals surface area contributed by atoms with E-state index in [1.165, 1.54) is 18.2 Å². The zero-order chi connectivity index (χ0) is 21.3. The van der Waals surface area contributed by atoms with Crippen molar-refractivity contribution in [2.45, 2.75) is 4.08 Å². The Labute approximate surface area is 158 Å². The molecule has 0 spiro atoms. The fraction of sp³-hybridized carbons (Fsp3) is 0.143. The average Bonchev–Trinajstić information content (AvgIpc) is 2.57. The van der Waals surface area contributed by atoms with E-state index in [9.17, 15) is 46.2 Å². The first-order chi connectivity index (χ1) is 12.8. The predicted octanol–water partition coefficient (Wildman–Crippen LogP) is 1.12. The zero-order valence-corrected chi connectivity index (χ0v) is 15.3. The van der Waals surface area contributed by atoms with E-state index in [0.717, 1.165) is 6.08 Å². The van der Waals surface area contributed by atoms with Crippen LogP contribution < -0.4 is 0 Å². The number of nitrogens with zero attached hydrogens (tertiary/aromatic N) is 2. The number of allylic oxidation sites excluding steroid dienone is 3. The van der Waals surface area contributed by atoms with Crippen molar-refractivity contribution in [3.8, 4) is 0 Å². The molecule has 0 saturated carbocycles. The van der Waals surface area contributed by atoms with E-state index in [-0.39, 0.29) is 0 Å². The molecule has 1 atom stereocenters. The molecule has 1 unspecified atom stereocenters. The number of nitro groups is 2. The average molecular weight is 432 g/mol. The van der Waals surface area contributed by atoms with Gasteiger partial charge in [0.1, 0.15) is 0 Å². The second-order valence-corrected chi connectivity index (χ2v) is 8.97. The summed E-state index contributed by atoms with van der Waals surface area (Å²) in [5.74, 6) is -2.05. The molecule has 0 aromatic heterocycles. The number of hydrogen-bond acceptors (Lipinski definition) is 8. The fourth-order valence-corrected chi connectivity index (χ4v) is 5.71. The maximum atomic E-state index is 12.0. The first-order valence-corrected chi connectivity index (χ1v) is 10.1. The Morgan fingerprint density at radius 3 is 1.93 bits per heavy atom.